The summed E-state index contributed by atoms with van der Waals surface area (Å²) >= 11 is 0. The monoisotopic (exact) mass is 298 g/mol. The normalized spacial score (nSPS) is 30.9. The molecule has 0 amide bonds. The third-order valence-electron chi connectivity index (χ3n) is 3.86. The molecule has 6 heteroatoms. The minimum Gasteiger partial charge on any atom is -0.461 e. The van der Waals surface area contributed by atoms with Crippen molar-refractivity contribution >= 4 is 15.8 Å². The molecule has 3 atom stereocenters. The van der Waals surface area contributed by atoms with Crippen LogP contribution in [0.5, 0.6) is 0 Å². The van der Waals surface area contributed by atoms with E-state index in [1.165, 1.54) is 12.1 Å². The molecule has 0 N–H and O–H groups in total. The first-order valence-electron chi connectivity index (χ1n) is 6.61. The van der Waals surface area contributed by atoms with Crippen LogP contribution in [0.15, 0.2) is 24.3 Å². The van der Waals surface area contributed by atoms with Gasteiger partial charge in [-0.3, -0.25) is 4.79 Å². The maximum atomic E-state index is 12.8. The quantitative estimate of drug-likeness (QED) is 0.796. The van der Waals surface area contributed by atoms with Crippen LogP contribution >= 0.6 is 0 Å². The van der Waals surface area contributed by atoms with E-state index in [1.54, 1.807) is 12.1 Å². The Balaban J connectivity index is 1.57. The highest BCUT2D eigenvalue weighted by molar-refractivity contribution is 7.91. The Morgan fingerprint density at radius 3 is 2.55 bits per heavy atom. The molecule has 0 spiro atoms. The van der Waals surface area contributed by atoms with E-state index in [0.29, 0.717) is 12.8 Å². The highest BCUT2D eigenvalue weighted by Crippen LogP contribution is 2.48. The van der Waals surface area contributed by atoms with Crippen molar-refractivity contribution in [1.82, 2.24) is 0 Å². The molecule has 1 heterocycles. The van der Waals surface area contributed by atoms with E-state index in [1.807, 2.05) is 0 Å². The third kappa shape index (κ3) is 2.85. The fraction of sp³-hybridized carbons (Fsp3) is 0.500. The SMILES string of the molecule is O=C(OC1CCS(=O)(=O)C1)C1CC1c1ccc(F)cc1. The van der Waals surface area contributed by atoms with Crippen molar-refractivity contribution in [3.05, 3.63) is 35.6 Å². The summed E-state index contributed by atoms with van der Waals surface area (Å²) in [5.41, 5.74) is 0.924. The van der Waals surface area contributed by atoms with Crippen molar-refractivity contribution in [3.8, 4) is 0 Å². The number of benzene rings is 1. The molecule has 1 saturated carbocycles. The topological polar surface area (TPSA) is 60.4 Å². The van der Waals surface area contributed by atoms with E-state index >= 15 is 0 Å². The third-order valence-corrected chi connectivity index (χ3v) is 5.60. The van der Waals surface area contributed by atoms with Crippen LogP contribution < -0.4 is 0 Å². The molecule has 108 valence electrons. The molecule has 1 saturated heterocycles. The first kappa shape index (κ1) is 13.5. The predicted octanol–water partition coefficient (Wildman–Crippen LogP) is 1.66. The van der Waals surface area contributed by atoms with Crippen molar-refractivity contribution in [2.45, 2.75) is 24.9 Å². The zero-order chi connectivity index (χ0) is 14.3. The first-order chi connectivity index (χ1) is 9.44. The lowest BCUT2D eigenvalue weighted by Gasteiger charge is -2.10. The summed E-state index contributed by atoms with van der Waals surface area (Å²) in [6.07, 6.45) is 0.577. The van der Waals surface area contributed by atoms with Crippen LogP contribution in [-0.4, -0.2) is 32.0 Å². The molecule has 4 nitrogen and oxygen atoms in total. The lowest BCUT2D eigenvalue weighted by Crippen LogP contribution is -2.20. The maximum absolute atomic E-state index is 12.8. The number of carbonyl (C=O) groups is 1. The van der Waals surface area contributed by atoms with Crippen molar-refractivity contribution in [2.75, 3.05) is 11.5 Å². The lowest BCUT2D eigenvalue weighted by atomic mass is 10.1. The van der Waals surface area contributed by atoms with Gasteiger partial charge >= 0.3 is 5.97 Å². The molecule has 0 aromatic heterocycles. The Bertz CT molecular complexity index is 623. The fourth-order valence-electron chi connectivity index (χ4n) is 2.64. The molecule has 1 aromatic rings. The van der Waals surface area contributed by atoms with Crippen LogP contribution in [0.3, 0.4) is 0 Å². The zero-order valence-electron chi connectivity index (χ0n) is 10.8. The predicted molar refractivity (Wildman–Crippen MR) is 70.4 cm³/mol. The highest BCUT2D eigenvalue weighted by Gasteiger charge is 2.46. The minimum atomic E-state index is -3.04. The maximum Gasteiger partial charge on any atom is 0.309 e. The van der Waals surface area contributed by atoms with Crippen LogP contribution in [-0.2, 0) is 19.4 Å². The molecular weight excluding hydrogens is 283 g/mol. The summed E-state index contributed by atoms with van der Waals surface area (Å²) in [7, 11) is -3.04. The van der Waals surface area contributed by atoms with Crippen LogP contribution in [0.25, 0.3) is 0 Å². The Morgan fingerprint density at radius 1 is 1.25 bits per heavy atom. The van der Waals surface area contributed by atoms with Gasteiger partial charge in [0.05, 0.1) is 17.4 Å². The van der Waals surface area contributed by atoms with Gasteiger partial charge < -0.3 is 4.74 Å². The molecule has 2 aliphatic rings. The summed E-state index contributed by atoms with van der Waals surface area (Å²) in [5.74, 6) is -0.750. The van der Waals surface area contributed by atoms with Gasteiger partial charge in [0.1, 0.15) is 11.9 Å². The Morgan fingerprint density at radius 2 is 1.95 bits per heavy atom. The molecule has 3 rings (SSSR count). The molecule has 2 fully saturated rings. The summed E-state index contributed by atoms with van der Waals surface area (Å²) in [4.78, 5) is 11.9. The second-order valence-corrected chi connectivity index (χ2v) is 7.69. The Hall–Kier alpha value is -1.43. The van der Waals surface area contributed by atoms with E-state index in [4.69, 9.17) is 4.74 Å². The molecule has 1 aliphatic heterocycles. The molecule has 20 heavy (non-hydrogen) atoms. The number of carbonyl (C=O) groups excluding carboxylic acids is 1. The fourth-order valence-corrected chi connectivity index (χ4v) is 4.23. The second kappa shape index (κ2) is 4.84. The van der Waals surface area contributed by atoms with E-state index in [-0.39, 0.29) is 35.1 Å². The summed E-state index contributed by atoms with van der Waals surface area (Å²) in [6, 6.07) is 6.10. The Labute approximate surface area is 116 Å². The highest BCUT2D eigenvalue weighted by atomic mass is 32.2. The number of ether oxygens (including phenoxy) is 1. The average Bonchev–Trinajstić information content (AvgIpc) is 3.10. The first-order valence-corrected chi connectivity index (χ1v) is 8.43. The number of hydrogen-bond acceptors (Lipinski definition) is 4. The number of rotatable bonds is 3. The largest absolute Gasteiger partial charge is 0.461 e. The van der Waals surface area contributed by atoms with Gasteiger partial charge in [0.25, 0.3) is 0 Å². The smallest absolute Gasteiger partial charge is 0.309 e. The molecule has 1 aliphatic carbocycles. The summed E-state index contributed by atoms with van der Waals surface area (Å²) in [5, 5.41) is 0. The van der Waals surface area contributed by atoms with Gasteiger partial charge in [-0.05, 0) is 36.5 Å². The second-order valence-electron chi connectivity index (χ2n) is 5.46. The number of sulfone groups is 1. The van der Waals surface area contributed by atoms with Gasteiger partial charge in [0.2, 0.25) is 0 Å². The van der Waals surface area contributed by atoms with Crippen LogP contribution in [0.1, 0.15) is 24.3 Å². The van der Waals surface area contributed by atoms with Gasteiger partial charge in [0.15, 0.2) is 9.84 Å². The van der Waals surface area contributed by atoms with Crippen molar-refractivity contribution in [3.63, 3.8) is 0 Å². The van der Waals surface area contributed by atoms with Gasteiger partial charge in [-0.25, -0.2) is 12.8 Å². The molecule has 0 bridgehead atoms. The van der Waals surface area contributed by atoms with Gasteiger partial charge in [-0.2, -0.15) is 0 Å². The number of hydrogen-bond donors (Lipinski definition) is 0. The average molecular weight is 298 g/mol. The number of halogens is 1. The van der Waals surface area contributed by atoms with Crippen molar-refractivity contribution in [1.29, 1.82) is 0 Å². The molecule has 0 radical (unpaired) electrons. The lowest BCUT2D eigenvalue weighted by molar-refractivity contribution is -0.149. The van der Waals surface area contributed by atoms with Crippen LogP contribution in [0.4, 0.5) is 4.39 Å². The van der Waals surface area contributed by atoms with Gasteiger partial charge in [-0.1, -0.05) is 12.1 Å². The standard InChI is InChI=1S/C14H15FO4S/c15-10-3-1-9(2-4-10)12-7-13(12)14(16)19-11-5-6-20(17,18)8-11/h1-4,11-13H,5-8H2. The van der Waals surface area contributed by atoms with E-state index < -0.39 is 15.9 Å². The summed E-state index contributed by atoms with van der Waals surface area (Å²) in [6.45, 7) is 0. The number of esters is 1. The van der Waals surface area contributed by atoms with Gasteiger partial charge in [-0.15, -0.1) is 0 Å². The van der Waals surface area contributed by atoms with Gasteiger partial charge in [0, 0.05) is 0 Å². The van der Waals surface area contributed by atoms with E-state index in [0.717, 1.165) is 5.56 Å². The van der Waals surface area contributed by atoms with Crippen molar-refractivity contribution < 1.29 is 22.3 Å². The molecule has 1 aromatic carbocycles. The van der Waals surface area contributed by atoms with Crippen LogP contribution in [0.2, 0.25) is 0 Å². The Kier molecular flexibility index (Phi) is 3.28. The zero-order valence-corrected chi connectivity index (χ0v) is 11.6. The minimum absolute atomic E-state index is 0.0628. The molecular formula is C14H15FO4S. The van der Waals surface area contributed by atoms with E-state index in [2.05, 4.69) is 0 Å². The molecule has 3 unspecified atom stereocenters. The summed E-state index contributed by atoms with van der Waals surface area (Å²) < 4.78 is 40.7. The van der Waals surface area contributed by atoms with E-state index in [9.17, 15) is 17.6 Å². The van der Waals surface area contributed by atoms with Crippen molar-refractivity contribution in [2.24, 2.45) is 5.92 Å². The van der Waals surface area contributed by atoms with Crippen LogP contribution in [0, 0.1) is 11.7 Å².